The average Bonchev–Trinajstić information content (AvgIpc) is 3.54. The molecule has 7 nitrogen and oxygen atoms in total. The molecule has 1 unspecified atom stereocenters. The molecule has 1 aliphatic rings. The number of quaternary nitrogens is 1. The molecule has 9 heteroatoms. The smallest absolute Gasteiger partial charge is 0.294 e. The van der Waals surface area contributed by atoms with Crippen LogP contribution >= 0.6 is 25.3 Å². The molecule has 0 spiro atoms. The van der Waals surface area contributed by atoms with Crippen LogP contribution in [-0.4, -0.2) is 29.9 Å². The van der Waals surface area contributed by atoms with Gasteiger partial charge in [-0.05, 0) is 41.8 Å². The maximum atomic E-state index is 11.1. The molecule has 0 amide bonds. The van der Waals surface area contributed by atoms with E-state index in [1.165, 1.54) is 6.07 Å². The van der Waals surface area contributed by atoms with Crippen LogP contribution in [0, 0.1) is 0 Å². The normalized spacial score (nSPS) is 19.0. The lowest BCUT2D eigenvalue weighted by Crippen LogP contribution is -2.60. The van der Waals surface area contributed by atoms with E-state index in [0.717, 1.165) is 33.2 Å². The molecule has 0 bridgehead atoms. The van der Waals surface area contributed by atoms with Crippen LogP contribution in [0.15, 0.2) is 78.2 Å². The number of hydrogen-bond donors (Lipinski definition) is 6. The lowest BCUT2D eigenvalue weighted by atomic mass is 9.97. The number of phenols is 2. The number of phenolic OH excluding ortho intramolecular Hbond substituents is 2. The van der Waals surface area contributed by atoms with E-state index in [2.05, 4.69) is 39.2 Å². The molecule has 6 rings (SSSR count). The van der Waals surface area contributed by atoms with Crippen LogP contribution in [0.5, 0.6) is 11.5 Å². The van der Waals surface area contributed by atoms with E-state index >= 15 is 0 Å². The molecule has 0 aliphatic carbocycles. The number of hydrogen-bond acceptors (Lipinski definition) is 6. The number of thiol groups is 2. The molecule has 37 heavy (non-hydrogen) atoms. The van der Waals surface area contributed by atoms with Crippen LogP contribution in [0.25, 0.3) is 21.8 Å². The van der Waals surface area contributed by atoms with Crippen molar-refractivity contribution in [1.82, 2.24) is 19.5 Å². The van der Waals surface area contributed by atoms with Crippen molar-refractivity contribution in [2.24, 2.45) is 12.1 Å². The zero-order valence-corrected chi connectivity index (χ0v) is 22.4. The summed E-state index contributed by atoms with van der Waals surface area (Å²) in [6.45, 7) is 3.99. The van der Waals surface area contributed by atoms with Gasteiger partial charge in [0.2, 0.25) is 0 Å². The number of nitrogens with one attached hydrogen (secondary N) is 2. The first-order valence-corrected chi connectivity index (χ1v) is 12.9. The Morgan fingerprint density at radius 3 is 2.41 bits per heavy atom. The van der Waals surface area contributed by atoms with Gasteiger partial charge >= 0.3 is 0 Å². The molecule has 4 N–H and O–H groups in total. The third kappa shape index (κ3) is 3.38. The molecule has 0 radical (unpaired) electrons. The number of rotatable bonds is 4. The molecular weight excluding hydrogens is 502 g/mol. The van der Waals surface area contributed by atoms with E-state index in [9.17, 15) is 10.2 Å². The monoisotopic (exact) mass is 530 g/mol. The number of aromatic hydroxyl groups is 2. The number of fused-ring (bicyclic) bond motifs is 2. The molecule has 0 saturated carbocycles. The third-order valence-corrected chi connectivity index (χ3v) is 8.09. The van der Waals surface area contributed by atoms with Crippen molar-refractivity contribution in [3.8, 4) is 11.5 Å². The largest absolute Gasteiger partial charge is 0.508 e. The number of aryl methyl sites for hydroxylation is 1. The highest BCUT2D eigenvalue weighted by molar-refractivity contribution is 8.00. The fourth-order valence-corrected chi connectivity index (χ4v) is 6.13. The molecule has 3 aromatic carbocycles. The minimum absolute atomic E-state index is 0.0323. The van der Waals surface area contributed by atoms with Crippen molar-refractivity contribution in [2.45, 2.75) is 24.1 Å². The minimum Gasteiger partial charge on any atom is -0.508 e. The minimum atomic E-state index is -1.22. The molecule has 0 fully saturated rings. The summed E-state index contributed by atoms with van der Waals surface area (Å²) in [4.78, 5) is 3.25. The number of H-pyrrole nitrogens is 1. The van der Waals surface area contributed by atoms with Gasteiger partial charge in [-0.25, -0.2) is 5.43 Å². The first-order valence-electron chi connectivity index (χ1n) is 12.0. The number of benzene rings is 3. The van der Waals surface area contributed by atoms with Gasteiger partial charge in [-0.1, -0.05) is 39.1 Å². The summed E-state index contributed by atoms with van der Waals surface area (Å²) in [6.07, 6.45) is 3.93. The Balaban J connectivity index is 1.71. The maximum Gasteiger partial charge on any atom is 0.294 e. The lowest BCUT2D eigenvalue weighted by molar-refractivity contribution is 0.440. The number of aromatic nitrogens is 2. The summed E-state index contributed by atoms with van der Waals surface area (Å²) in [5, 5.41) is 28.5. The van der Waals surface area contributed by atoms with Gasteiger partial charge in [-0.3, -0.25) is 0 Å². The number of aromatic amines is 1. The van der Waals surface area contributed by atoms with E-state index in [0.29, 0.717) is 17.0 Å². The predicted molar refractivity (Wildman–Crippen MR) is 157 cm³/mol. The van der Waals surface area contributed by atoms with Crippen LogP contribution in [0.4, 0.5) is 11.4 Å². The van der Waals surface area contributed by atoms with Crippen molar-refractivity contribution in [3.05, 3.63) is 84.2 Å². The number of amidine groups is 1. The summed E-state index contributed by atoms with van der Waals surface area (Å²) in [6, 6.07) is 19.6. The maximum absolute atomic E-state index is 11.1. The predicted octanol–water partition coefficient (Wildman–Crippen LogP) is 6.27. The van der Waals surface area contributed by atoms with Crippen molar-refractivity contribution < 1.29 is 10.2 Å². The van der Waals surface area contributed by atoms with Crippen molar-refractivity contribution in [1.29, 1.82) is 0 Å². The highest BCUT2D eigenvalue weighted by Crippen LogP contribution is 2.52. The molecule has 0 saturated heterocycles. The van der Waals surface area contributed by atoms with E-state index in [4.69, 9.17) is 30.4 Å². The summed E-state index contributed by atoms with van der Waals surface area (Å²) in [5.74, 6) is 0.510. The quantitative estimate of drug-likeness (QED) is 0.0941. The topological polar surface area (TPSA) is 85.6 Å². The fraction of sp³-hybridized carbons (Fsp3) is 0.179. The summed E-state index contributed by atoms with van der Waals surface area (Å²) < 4.78 is 0.813. The molecule has 188 valence electrons. The standard InChI is InChI=1S/C28H27N5O2S2/c1-16(2)21-14-22(26(35)15-25(21)34)27-30-31-28(36,37)33(27,19-4-6-23-17(12-19)8-10-29-23)20-5-7-24-18(13-20)9-11-32(24)3/h4-16,29,31H,1-3H3,(H3-,34,35,36,37)/p+1. The van der Waals surface area contributed by atoms with Gasteiger partial charge in [0.05, 0.1) is 0 Å². The Morgan fingerprint density at radius 2 is 1.65 bits per heavy atom. The zero-order chi connectivity index (χ0) is 26.1. The Kier molecular flexibility index (Phi) is 5.31. The van der Waals surface area contributed by atoms with Gasteiger partial charge in [0.1, 0.15) is 28.4 Å². The summed E-state index contributed by atoms with van der Waals surface area (Å²) in [5.41, 5.74) is 8.13. The summed E-state index contributed by atoms with van der Waals surface area (Å²) in [7, 11) is 2.01. The molecule has 1 aliphatic heterocycles. The Hall–Kier alpha value is -3.53. The van der Waals surface area contributed by atoms with Crippen LogP contribution in [0.2, 0.25) is 0 Å². The molecule has 3 heterocycles. The van der Waals surface area contributed by atoms with E-state index in [1.807, 2.05) is 63.6 Å². The number of hydrazone groups is 1. The van der Waals surface area contributed by atoms with E-state index in [-0.39, 0.29) is 21.9 Å². The van der Waals surface area contributed by atoms with Crippen LogP contribution in [-0.2, 0) is 7.05 Å². The van der Waals surface area contributed by atoms with Gasteiger partial charge in [0, 0.05) is 71.6 Å². The second kappa shape index (κ2) is 8.24. The van der Waals surface area contributed by atoms with Gasteiger partial charge in [0.25, 0.3) is 10.2 Å². The van der Waals surface area contributed by atoms with Crippen molar-refractivity contribution in [3.63, 3.8) is 0 Å². The van der Waals surface area contributed by atoms with Crippen LogP contribution in [0.1, 0.15) is 30.9 Å². The van der Waals surface area contributed by atoms with Crippen molar-refractivity contribution >= 4 is 64.3 Å². The highest BCUT2D eigenvalue weighted by atomic mass is 32.2. The molecular formula is C28H28N5O2S2+. The highest BCUT2D eigenvalue weighted by Gasteiger charge is 2.60. The summed E-state index contributed by atoms with van der Waals surface area (Å²) >= 11 is 10.1. The second-order valence-electron chi connectivity index (χ2n) is 9.86. The zero-order valence-electron chi connectivity index (χ0n) is 20.6. The second-order valence-corrected chi connectivity index (χ2v) is 11.5. The molecule has 1 atom stereocenters. The molecule has 2 aromatic heterocycles. The van der Waals surface area contributed by atoms with Gasteiger partial charge in [-0.15, -0.1) is 5.10 Å². The van der Waals surface area contributed by atoms with Crippen molar-refractivity contribution in [2.75, 3.05) is 0 Å². The molecule has 5 aromatic rings. The van der Waals surface area contributed by atoms with Crippen LogP contribution < -0.4 is 9.91 Å². The van der Waals surface area contributed by atoms with Gasteiger partial charge in [0.15, 0.2) is 0 Å². The van der Waals surface area contributed by atoms with E-state index in [1.54, 1.807) is 0 Å². The van der Waals surface area contributed by atoms with E-state index < -0.39 is 4.33 Å². The average molecular weight is 531 g/mol. The Bertz CT molecular complexity index is 1720. The lowest BCUT2D eigenvalue weighted by Gasteiger charge is -2.41. The third-order valence-electron chi connectivity index (χ3n) is 7.29. The fourth-order valence-electron chi connectivity index (χ4n) is 5.38. The van der Waals surface area contributed by atoms with Crippen LogP contribution in [0.3, 0.4) is 0 Å². The Morgan fingerprint density at radius 1 is 0.919 bits per heavy atom. The first kappa shape index (κ1) is 23.8. The SMILES string of the molecule is CC(C)c1cc(C2=NNC(S)(S)[N+]2(c2ccc3[nH]ccc3c2)c2ccc3c(ccn3C)c2)c(O)cc1O. The van der Waals surface area contributed by atoms with Gasteiger partial charge < -0.3 is 19.8 Å². The van der Waals surface area contributed by atoms with Gasteiger partial charge in [-0.2, -0.15) is 4.48 Å². The Labute approximate surface area is 225 Å². The number of nitrogens with zero attached hydrogens (tertiary/aromatic N) is 3. The first-order chi connectivity index (χ1) is 17.6.